The van der Waals surface area contributed by atoms with Crippen molar-refractivity contribution in [2.45, 2.75) is 6.61 Å². The number of aromatic nitrogens is 1. The Balaban J connectivity index is 1.80. The number of hydrogen-bond acceptors (Lipinski definition) is 4. The molecule has 0 spiro atoms. The molecule has 4 nitrogen and oxygen atoms in total. The van der Waals surface area contributed by atoms with Gasteiger partial charge in [-0.15, -0.1) is 0 Å². The standard InChI is InChI=1S/C22H17FN2O2/c1-26-22-13-17(12-18(14-24)20-4-2-3-11-25-20)7-10-21(22)27-15-16-5-8-19(23)9-6-16/h2-13H,15H2,1H3. The van der Waals surface area contributed by atoms with Gasteiger partial charge >= 0.3 is 0 Å². The lowest BCUT2D eigenvalue weighted by Gasteiger charge is -2.11. The van der Waals surface area contributed by atoms with E-state index in [-0.39, 0.29) is 5.82 Å². The molecule has 5 heteroatoms. The van der Waals surface area contributed by atoms with Crippen LogP contribution in [0.15, 0.2) is 66.9 Å². The van der Waals surface area contributed by atoms with Crippen LogP contribution in [0.2, 0.25) is 0 Å². The van der Waals surface area contributed by atoms with E-state index in [4.69, 9.17) is 9.47 Å². The zero-order valence-corrected chi connectivity index (χ0v) is 14.7. The number of benzene rings is 2. The zero-order chi connectivity index (χ0) is 19.1. The summed E-state index contributed by atoms with van der Waals surface area (Å²) in [4.78, 5) is 4.20. The Morgan fingerprint density at radius 2 is 1.93 bits per heavy atom. The van der Waals surface area contributed by atoms with Crippen molar-refractivity contribution in [1.29, 1.82) is 5.26 Å². The second kappa shape index (κ2) is 8.63. The van der Waals surface area contributed by atoms with Gasteiger partial charge in [0.2, 0.25) is 0 Å². The van der Waals surface area contributed by atoms with Crippen LogP contribution in [-0.2, 0) is 6.61 Å². The average molecular weight is 360 g/mol. The molecule has 134 valence electrons. The smallest absolute Gasteiger partial charge is 0.161 e. The topological polar surface area (TPSA) is 55.1 Å². The molecule has 27 heavy (non-hydrogen) atoms. The third kappa shape index (κ3) is 4.71. The van der Waals surface area contributed by atoms with E-state index in [0.29, 0.717) is 29.4 Å². The lowest BCUT2D eigenvalue weighted by atomic mass is 10.1. The number of hydrogen-bond donors (Lipinski definition) is 0. The van der Waals surface area contributed by atoms with Gasteiger partial charge in [-0.05, 0) is 53.6 Å². The summed E-state index contributed by atoms with van der Waals surface area (Å²) >= 11 is 0. The van der Waals surface area contributed by atoms with Gasteiger partial charge in [-0.25, -0.2) is 4.39 Å². The van der Waals surface area contributed by atoms with Gasteiger partial charge in [0.15, 0.2) is 11.5 Å². The van der Waals surface area contributed by atoms with Crippen molar-refractivity contribution < 1.29 is 13.9 Å². The fourth-order valence-corrected chi connectivity index (χ4v) is 2.49. The maximum Gasteiger partial charge on any atom is 0.161 e. The normalized spacial score (nSPS) is 10.9. The Morgan fingerprint density at radius 1 is 1.11 bits per heavy atom. The van der Waals surface area contributed by atoms with Crippen LogP contribution < -0.4 is 9.47 Å². The molecular weight excluding hydrogens is 343 g/mol. The van der Waals surface area contributed by atoms with Crippen LogP contribution in [0, 0.1) is 17.1 Å². The molecule has 1 heterocycles. The summed E-state index contributed by atoms with van der Waals surface area (Å²) in [6.45, 7) is 0.295. The van der Waals surface area contributed by atoms with Gasteiger partial charge in [0, 0.05) is 6.20 Å². The van der Waals surface area contributed by atoms with Crippen LogP contribution in [0.3, 0.4) is 0 Å². The molecule has 0 atom stereocenters. The van der Waals surface area contributed by atoms with E-state index in [1.807, 2.05) is 12.1 Å². The van der Waals surface area contributed by atoms with Crippen LogP contribution in [0.4, 0.5) is 4.39 Å². The Labute approximate surface area is 157 Å². The Kier molecular flexibility index (Phi) is 5.80. The Bertz CT molecular complexity index is 977. The zero-order valence-electron chi connectivity index (χ0n) is 14.7. The summed E-state index contributed by atoms with van der Waals surface area (Å²) in [6.07, 6.45) is 3.39. The predicted molar refractivity (Wildman–Crippen MR) is 101 cm³/mol. The second-order valence-electron chi connectivity index (χ2n) is 5.71. The predicted octanol–water partition coefficient (Wildman–Crippen LogP) is 4.87. The number of nitriles is 1. The van der Waals surface area contributed by atoms with Crippen LogP contribution >= 0.6 is 0 Å². The molecule has 0 fully saturated rings. The number of pyridine rings is 1. The molecular formula is C22H17FN2O2. The fourth-order valence-electron chi connectivity index (χ4n) is 2.49. The molecule has 0 radical (unpaired) electrons. The molecule has 0 amide bonds. The highest BCUT2D eigenvalue weighted by Gasteiger charge is 2.08. The van der Waals surface area contributed by atoms with Crippen LogP contribution in [0.5, 0.6) is 11.5 Å². The van der Waals surface area contributed by atoms with Crippen molar-refractivity contribution in [2.24, 2.45) is 0 Å². The van der Waals surface area contributed by atoms with Crippen molar-refractivity contribution in [3.63, 3.8) is 0 Å². The lowest BCUT2D eigenvalue weighted by molar-refractivity contribution is 0.284. The van der Waals surface area contributed by atoms with Crippen molar-refractivity contribution in [2.75, 3.05) is 7.11 Å². The third-order valence-corrected chi connectivity index (χ3v) is 3.87. The van der Waals surface area contributed by atoms with Crippen LogP contribution in [0.1, 0.15) is 16.8 Å². The van der Waals surface area contributed by atoms with E-state index in [2.05, 4.69) is 11.1 Å². The SMILES string of the molecule is COc1cc(C=C(C#N)c2ccccn2)ccc1OCc1ccc(F)cc1. The second-order valence-corrected chi connectivity index (χ2v) is 5.71. The summed E-state index contributed by atoms with van der Waals surface area (Å²) in [7, 11) is 1.55. The number of halogens is 1. The first-order valence-corrected chi connectivity index (χ1v) is 8.28. The first-order chi connectivity index (χ1) is 13.2. The van der Waals surface area contributed by atoms with E-state index < -0.39 is 0 Å². The van der Waals surface area contributed by atoms with Gasteiger partial charge in [-0.1, -0.05) is 24.3 Å². The highest BCUT2D eigenvalue weighted by Crippen LogP contribution is 2.30. The van der Waals surface area contributed by atoms with E-state index in [1.54, 1.807) is 55.8 Å². The summed E-state index contributed by atoms with van der Waals surface area (Å²) < 4.78 is 24.2. The molecule has 0 saturated carbocycles. The monoisotopic (exact) mass is 360 g/mol. The fraction of sp³-hybridized carbons (Fsp3) is 0.0909. The quantitative estimate of drug-likeness (QED) is 0.588. The van der Waals surface area contributed by atoms with Crippen molar-refractivity contribution in [1.82, 2.24) is 4.98 Å². The van der Waals surface area contributed by atoms with E-state index >= 15 is 0 Å². The molecule has 0 N–H and O–H groups in total. The van der Waals surface area contributed by atoms with Crippen molar-refractivity contribution in [3.05, 3.63) is 89.5 Å². The molecule has 0 aliphatic rings. The van der Waals surface area contributed by atoms with Crippen LogP contribution in [-0.4, -0.2) is 12.1 Å². The Hall–Kier alpha value is -3.65. The molecule has 0 saturated heterocycles. The largest absolute Gasteiger partial charge is 0.493 e. The molecule has 0 aliphatic carbocycles. The average Bonchev–Trinajstić information content (AvgIpc) is 2.72. The van der Waals surface area contributed by atoms with Gasteiger partial charge in [0.25, 0.3) is 0 Å². The number of methoxy groups -OCH3 is 1. The Morgan fingerprint density at radius 3 is 2.59 bits per heavy atom. The lowest BCUT2D eigenvalue weighted by Crippen LogP contribution is -1.98. The van der Waals surface area contributed by atoms with Crippen molar-refractivity contribution in [3.8, 4) is 17.6 Å². The summed E-state index contributed by atoms with van der Waals surface area (Å²) in [5.41, 5.74) is 2.71. The van der Waals surface area contributed by atoms with Gasteiger partial charge in [0.05, 0.1) is 18.4 Å². The highest BCUT2D eigenvalue weighted by molar-refractivity contribution is 5.88. The minimum Gasteiger partial charge on any atom is -0.493 e. The number of ether oxygens (including phenoxy) is 2. The van der Waals surface area contributed by atoms with Crippen molar-refractivity contribution >= 4 is 11.6 Å². The van der Waals surface area contributed by atoms with Gasteiger partial charge < -0.3 is 9.47 Å². The molecule has 0 aliphatic heterocycles. The number of rotatable bonds is 6. The van der Waals surface area contributed by atoms with E-state index in [1.165, 1.54) is 12.1 Å². The molecule has 1 aromatic heterocycles. The number of allylic oxidation sites excluding steroid dienone is 1. The summed E-state index contributed by atoms with van der Waals surface area (Å²) in [5, 5.41) is 9.41. The van der Waals surface area contributed by atoms with Crippen LogP contribution in [0.25, 0.3) is 11.6 Å². The third-order valence-electron chi connectivity index (χ3n) is 3.87. The summed E-state index contributed by atoms with van der Waals surface area (Å²) in [5.74, 6) is 0.827. The molecule has 3 aromatic rings. The first-order valence-electron chi connectivity index (χ1n) is 8.28. The first kappa shape index (κ1) is 18.2. The molecule has 3 rings (SSSR count). The van der Waals surface area contributed by atoms with Gasteiger partial charge in [0.1, 0.15) is 18.5 Å². The maximum atomic E-state index is 13.0. The molecule has 0 unspecified atom stereocenters. The minimum absolute atomic E-state index is 0.284. The number of nitrogens with zero attached hydrogens (tertiary/aromatic N) is 2. The molecule has 2 aromatic carbocycles. The van der Waals surface area contributed by atoms with E-state index in [0.717, 1.165) is 11.1 Å². The van der Waals surface area contributed by atoms with Gasteiger partial charge in [-0.3, -0.25) is 4.98 Å². The molecule has 0 bridgehead atoms. The van der Waals surface area contributed by atoms with E-state index in [9.17, 15) is 9.65 Å². The minimum atomic E-state index is -0.284. The van der Waals surface area contributed by atoms with Gasteiger partial charge in [-0.2, -0.15) is 5.26 Å². The summed E-state index contributed by atoms with van der Waals surface area (Å²) in [6, 6.07) is 19.1. The highest BCUT2D eigenvalue weighted by atomic mass is 19.1. The maximum absolute atomic E-state index is 13.0.